The Balaban J connectivity index is 1.41. The Morgan fingerprint density at radius 3 is 2.44 bits per heavy atom. The Morgan fingerprint density at radius 1 is 1.08 bits per heavy atom. The van der Waals surface area contributed by atoms with Crippen molar-refractivity contribution in [2.45, 2.75) is 24.8 Å². The maximum atomic E-state index is 12.9. The number of nitrogens with one attached hydrogen (secondary N) is 1. The summed E-state index contributed by atoms with van der Waals surface area (Å²) in [6, 6.07) is 21.0. The highest BCUT2D eigenvalue weighted by Gasteiger charge is 2.36. The molecular weight excluding hydrogens is 478 g/mol. The first-order chi connectivity index (χ1) is 17.2. The van der Waals surface area contributed by atoms with Gasteiger partial charge in [0.25, 0.3) is 0 Å². The van der Waals surface area contributed by atoms with Gasteiger partial charge in [-0.2, -0.15) is 4.31 Å². The summed E-state index contributed by atoms with van der Waals surface area (Å²) in [5, 5.41) is 2.81. The smallest absolute Gasteiger partial charge is 0.243 e. The van der Waals surface area contributed by atoms with Crippen molar-refractivity contribution in [3.05, 3.63) is 83.9 Å². The summed E-state index contributed by atoms with van der Waals surface area (Å²) < 4.78 is 32.6. The molecule has 1 fully saturated rings. The largest absolute Gasteiger partial charge is 0.495 e. The first-order valence-corrected chi connectivity index (χ1v) is 13.0. The molecule has 2 amide bonds. The van der Waals surface area contributed by atoms with Gasteiger partial charge in [-0.25, -0.2) is 8.42 Å². The molecule has 3 aromatic carbocycles. The number of nitrogens with zero attached hydrogens (tertiary/aromatic N) is 2. The second-order valence-corrected chi connectivity index (χ2v) is 10.9. The first kappa shape index (κ1) is 25.4. The number of benzene rings is 3. The van der Waals surface area contributed by atoms with Crippen LogP contribution in [0.3, 0.4) is 0 Å². The Labute approximate surface area is 211 Å². The first-order valence-electron chi connectivity index (χ1n) is 11.5. The van der Waals surface area contributed by atoms with Crippen LogP contribution in [0.15, 0.2) is 77.7 Å². The molecule has 0 spiro atoms. The molecule has 8 nitrogen and oxygen atoms in total. The van der Waals surface area contributed by atoms with Crippen LogP contribution in [0.4, 0.5) is 11.4 Å². The van der Waals surface area contributed by atoms with Crippen LogP contribution in [0.1, 0.15) is 17.5 Å². The quantitative estimate of drug-likeness (QED) is 0.500. The summed E-state index contributed by atoms with van der Waals surface area (Å²) in [7, 11) is -0.620. The number of carbonyl (C=O) groups is 2. The lowest BCUT2D eigenvalue weighted by Crippen LogP contribution is -2.28. The minimum absolute atomic E-state index is 0.0830. The average molecular weight is 508 g/mol. The third kappa shape index (κ3) is 5.42. The molecule has 188 valence electrons. The van der Waals surface area contributed by atoms with E-state index in [1.165, 1.54) is 23.5 Å². The molecule has 1 aliphatic heterocycles. The molecule has 1 heterocycles. The number of aryl methyl sites for hydroxylation is 1. The molecular formula is C27H29N3O5S. The lowest BCUT2D eigenvalue weighted by atomic mass is 10.1. The number of sulfonamides is 1. The van der Waals surface area contributed by atoms with Crippen LogP contribution in [0.2, 0.25) is 0 Å². The van der Waals surface area contributed by atoms with Crippen molar-refractivity contribution in [3.63, 3.8) is 0 Å². The molecule has 0 aliphatic carbocycles. The fourth-order valence-electron chi connectivity index (χ4n) is 4.19. The summed E-state index contributed by atoms with van der Waals surface area (Å²) in [6.45, 7) is 2.41. The summed E-state index contributed by atoms with van der Waals surface area (Å²) in [4.78, 5) is 27.3. The second-order valence-electron chi connectivity index (χ2n) is 8.84. The van der Waals surface area contributed by atoms with Gasteiger partial charge in [0.05, 0.1) is 23.6 Å². The highest BCUT2D eigenvalue weighted by molar-refractivity contribution is 7.89. The van der Waals surface area contributed by atoms with E-state index >= 15 is 0 Å². The molecule has 1 aliphatic rings. The molecule has 0 saturated carbocycles. The predicted molar refractivity (Wildman–Crippen MR) is 138 cm³/mol. The SMILES string of the molecule is COc1ccc(C)cc1N1CC(C(=O)Nc2ccc(S(=O)(=O)N(C)Cc3ccccc3)cc2)CC1=O. The molecule has 1 N–H and O–H groups in total. The van der Waals surface area contributed by atoms with Gasteiger partial charge in [-0.1, -0.05) is 36.4 Å². The third-order valence-electron chi connectivity index (χ3n) is 6.20. The number of anilines is 2. The summed E-state index contributed by atoms with van der Waals surface area (Å²) >= 11 is 0. The van der Waals surface area contributed by atoms with Crippen LogP contribution in [-0.4, -0.2) is 45.2 Å². The van der Waals surface area contributed by atoms with Gasteiger partial charge in [0, 0.05) is 32.2 Å². The van der Waals surface area contributed by atoms with Crippen LogP contribution < -0.4 is 15.0 Å². The van der Waals surface area contributed by atoms with Gasteiger partial charge in [-0.15, -0.1) is 0 Å². The van der Waals surface area contributed by atoms with Crippen molar-refractivity contribution in [3.8, 4) is 5.75 Å². The topological polar surface area (TPSA) is 96.0 Å². The van der Waals surface area contributed by atoms with E-state index in [4.69, 9.17) is 4.74 Å². The molecule has 9 heteroatoms. The van der Waals surface area contributed by atoms with E-state index in [1.54, 1.807) is 30.2 Å². The van der Waals surface area contributed by atoms with Gasteiger partial charge >= 0.3 is 0 Å². The number of hydrogen-bond donors (Lipinski definition) is 1. The number of carbonyl (C=O) groups excluding carboxylic acids is 2. The van der Waals surface area contributed by atoms with Gasteiger partial charge in [-0.3, -0.25) is 9.59 Å². The maximum Gasteiger partial charge on any atom is 0.243 e. The Bertz CT molecular complexity index is 1360. The van der Waals surface area contributed by atoms with Crippen molar-refractivity contribution in [1.29, 1.82) is 0 Å². The summed E-state index contributed by atoms with van der Waals surface area (Å²) in [5.74, 6) is -0.414. The van der Waals surface area contributed by atoms with Crippen LogP contribution >= 0.6 is 0 Å². The van der Waals surface area contributed by atoms with E-state index < -0.39 is 15.9 Å². The van der Waals surface area contributed by atoms with E-state index in [9.17, 15) is 18.0 Å². The minimum atomic E-state index is -3.70. The lowest BCUT2D eigenvalue weighted by molar-refractivity contribution is -0.122. The lowest BCUT2D eigenvalue weighted by Gasteiger charge is -2.20. The number of amides is 2. The standard InChI is InChI=1S/C27H29N3O5S/c1-19-9-14-25(35-3)24(15-19)30-18-21(16-26(30)31)27(32)28-22-10-12-23(13-11-22)36(33,34)29(2)17-20-7-5-4-6-8-20/h4-15,21H,16-18H2,1-3H3,(H,28,32). The van der Waals surface area contributed by atoms with Gasteiger partial charge in [0.1, 0.15) is 5.75 Å². The maximum absolute atomic E-state index is 12.9. The summed E-state index contributed by atoms with van der Waals surface area (Å²) in [6.07, 6.45) is 0.0830. The molecule has 3 aromatic rings. The van der Waals surface area contributed by atoms with Crippen molar-refractivity contribution in [1.82, 2.24) is 4.31 Å². The Kier molecular flexibility index (Phi) is 7.42. The number of rotatable bonds is 8. The zero-order chi connectivity index (χ0) is 25.9. The fraction of sp³-hybridized carbons (Fsp3) is 0.259. The normalized spacial score (nSPS) is 15.8. The van der Waals surface area contributed by atoms with E-state index in [1.807, 2.05) is 49.4 Å². The number of methoxy groups -OCH3 is 1. The average Bonchev–Trinajstić information content (AvgIpc) is 3.26. The predicted octanol–water partition coefficient (Wildman–Crippen LogP) is 3.82. The van der Waals surface area contributed by atoms with Crippen molar-refractivity contribution in [2.24, 2.45) is 5.92 Å². The number of hydrogen-bond acceptors (Lipinski definition) is 5. The van der Waals surface area contributed by atoms with Crippen LogP contribution in [0, 0.1) is 12.8 Å². The van der Waals surface area contributed by atoms with Gasteiger partial charge in [-0.05, 0) is 54.4 Å². The van der Waals surface area contributed by atoms with Gasteiger partial charge < -0.3 is 15.0 Å². The Morgan fingerprint density at radius 2 is 1.78 bits per heavy atom. The van der Waals surface area contributed by atoms with Crippen molar-refractivity contribution >= 4 is 33.2 Å². The van der Waals surface area contributed by atoms with Crippen LogP contribution in [0.5, 0.6) is 5.75 Å². The molecule has 4 rings (SSSR count). The third-order valence-corrected chi connectivity index (χ3v) is 8.02. The van der Waals surface area contributed by atoms with Gasteiger partial charge in [0.2, 0.25) is 21.8 Å². The molecule has 0 radical (unpaired) electrons. The molecule has 36 heavy (non-hydrogen) atoms. The van der Waals surface area contributed by atoms with E-state index in [2.05, 4.69) is 5.32 Å². The fourth-order valence-corrected chi connectivity index (χ4v) is 5.35. The zero-order valence-electron chi connectivity index (χ0n) is 20.5. The monoisotopic (exact) mass is 507 g/mol. The van der Waals surface area contributed by atoms with Crippen LogP contribution in [-0.2, 0) is 26.2 Å². The molecule has 0 aromatic heterocycles. The number of ether oxygens (including phenoxy) is 1. The van der Waals surface area contributed by atoms with Crippen molar-refractivity contribution < 1.29 is 22.7 Å². The zero-order valence-corrected chi connectivity index (χ0v) is 21.3. The molecule has 1 atom stereocenters. The van der Waals surface area contributed by atoms with E-state index in [0.717, 1.165) is 11.1 Å². The Hall–Kier alpha value is -3.69. The summed E-state index contributed by atoms with van der Waals surface area (Å²) in [5.41, 5.74) is 2.97. The van der Waals surface area contributed by atoms with E-state index in [-0.39, 0.29) is 36.2 Å². The highest BCUT2D eigenvalue weighted by Crippen LogP contribution is 2.34. The second kappa shape index (κ2) is 10.5. The molecule has 1 saturated heterocycles. The molecule has 1 unspecified atom stereocenters. The highest BCUT2D eigenvalue weighted by atomic mass is 32.2. The van der Waals surface area contributed by atoms with E-state index in [0.29, 0.717) is 17.1 Å². The van der Waals surface area contributed by atoms with Gasteiger partial charge in [0.15, 0.2) is 0 Å². The minimum Gasteiger partial charge on any atom is -0.495 e. The van der Waals surface area contributed by atoms with Crippen LogP contribution in [0.25, 0.3) is 0 Å². The molecule has 0 bridgehead atoms. The van der Waals surface area contributed by atoms with Crippen molar-refractivity contribution in [2.75, 3.05) is 30.9 Å².